The molecule has 0 atom stereocenters. The first kappa shape index (κ1) is 19.9. The molecule has 29 heavy (non-hydrogen) atoms. The molecule has 0 aliphatic carbocycles. The molecule has 0 spiro atoms. The zero-order valence-corrected chi connectivity index (χ0v) is 17.7. The van der Waals surface area contributed by atoms with Gasteiger partial charge in [-0.05, 0) is 52.8 Å². The van der Waals surface area contributed by atoms with Crippen molar-refractivity contribution in [2.24, 2.45) is 0 Å². The van der Waals surface area contributed by atoms with Gasteiger partial charge in [0.25, 0.3) is 0 Å². The van der Waals surface area contributed by atoms with Crippen LogP contribution in [0.1, 0.15) is 27.7 Å². The van der Waals surface area contributed by atoms with Crippen molar-refractivity contribution in [2.75, 3.05) is 16.8 Å². The summed E-state index contributed by atoms with van der Waals surface area (Å²) in [6.07, 6.45) is 4.98. The highest BCUT2D eigenvalue weighted by atomic mass is 32.2. The van der Waals surface area contributed by atoms with Crippen molar-refractivity contribution in [3.05, 3.63) is 83.7 Å². The summed E-state index contributed by atoms with van der Waals surface area (Å²) < 4.78 is 2.34. The van der Waals surface area contributed by atoms with E-state index in [1.807, 2.05) is 70.8 Å². The van der Waals surface area contributed by atoms with E-state index in [1.54, 1.807) is 6.20 Å². The highest BCUT2D eigenvalue weighted by Crippen LogP contribution is 2.44. The second-order valence-electron chi connectivity index (χ2n) is 6.83. The number of nitrogens with one attached hydrogen (secondary N) is 2. The maximum absolute atomic E-state index is 12.5. The first-order valence-corrected chi connectivity index (χ1v) is 11.8. The quantitative estimate of drug-likeness (QED) is 0.576. The van der Waals surface area contributed by atoms with E-state index in [9.17, 15) is 4.79 Å². The van der Waals surface area contributed by atoms with Gasteiger partial charge in [-0.2, -0.15) is 5.10 Å². The first-order chi connectivity index (χ1) is 14.3. The Morgan fingerprint density at radius 2 is 1.90 bits per heavy atom. The van der Waals surface area contributed by atoms with Gasteiger partial charge in [0.1, 0.15) is 0 Å². The molecule has 2 aromatic carbocycles. The molecule has 0 unspecified atom stereocenters. The van der Waals surface area contributed by atoms with Gasteiger partial charge in [0.2, 0.25) is 0 Å². The van der Waals surface area contributed by atoms with Crippen LogP contribution in [-0.4, -0.2) is 27.3 Å². The first-order valence-electron chi connectivity index (χ1n) is 9.70. The number of anilines is 1. The Morgan fingerprint density at radius 1 is 1.07 bits per heavy atom. The average molecular weight is 425 g/mol. The Morgan fingerprint density at radius 3 is 2.69 bits per heavy atom. The molecule has 1 aliphatic rings. The molecule has 1 aromatic heterocycles. The molecule has 1 saturated heterocycles. The van der Waals surface area contributed by atoms with Crippen LogP contribution in [0.2, 0.25) is 0 Å². The minimum absolute atomic E-state index is 0.194. The molecule has 7 heteroatoms. The Bertz CT molecular complexity index is 940. The number of benzene rings is 2. The Balaban J connectivity index is 1.35. The number of aromatic nitrogens is 2. The van der Waals surface area contributed by atoms with Crippen LogP contribution in [0.3, 0.4) is 0 Å². The molecule has 3 aromatic rings. The lowest BCUT2D eigenvalue weighted by molar-refractivity contribution is 0.251. The van der Waals surface area contributed by atoms with E-state index < -0.39 is 0 Å². The molecule has 1 fully saturated rings. The number of carbonyl (C=O) groups excluding carboxylic acids is 1. The minimum atomic E-state index is -0.194. The van der Waals surface area contributed by atoms with Crippen molar-refractivity contribution in [3.63, 3.8) is 0 Å². The van der Waals surface area contributed by atoms with Crippen LogP contribution in [0.4, 0.5) is 10.5 Å². The summed E-state index contributed by atoms with van der Waals surface area (Å²) in [7, 11) is 0. The van der Waals surface area contributed by atoms with Crippen molar-refractivity contribution in [3.8, 4) is 0 Å². The fourth-order valence-electron chi connectivity index (χ4n) is 3.25. The van der Waals surface area contributed by atoms with Crippen molar-refractivity contribution < 1.29 is 4.79 Å². The van der Waals surface area contributed by atoms with Gasteiger partial charge in [-0.1, -0.05) is 36.4 Å². The number of urea groups is 1. The molecule has 5 nitrogen and oxygen atoms in total. The molecule has 2 heterocycles. The molecule has 0 radical (unpaired) electrons. The third kappa shape index (κ3) is 5.58. The zero-order valence-electron chi connectivity index (χ0n) is 16.1. The van der Waals surface area contributed by atoms with Crippen molar-refractivity contribution in [1.82, 2.24) is 15.1 Å². The Labute approximate surface area is 179 Å². The van der Waals surface area contributed by atoms with Crippen LogP contribution in [-0.2, 0) is 13.1 Å². The number of hydrogen-bond acceptors (Lipinski definition) is 4. The third-order valence-corrected chi connectivity index (χ3v) is 7.71. The third-order valence-electron chi connectivity index (χ3n) is 4.69. The number of nitrogens with zero attached hydrogens (tertiary/aromatic N) is 2. The Hall–Kier alpha value is -2.38. The summed E-state index contributed by atoms with van der Waals surface area (Å²) in [5, 5.41) is 10.2. The summed E-state index contributed by atoms with van der Waals surface area (Å²) in [4.78, 5) is 12.5. The molecule has 0 saturated carbocycles. The fraction of sp³-hybridized carbons (Fsp3) is 0.273. The summed E-state index contributed by atoms with van der Waals surface area (Å²) in [5.41, 5.74) is 4.32. The number of thioether (sulfide) groups is 2. The summed E-state index contributed by atoms with van der Waals surface area (Å²) in [5.74, 6) is 2.40. The lowest BCUT2D eigenvalue weighted by Gasteiger charge is -2.21. The van der Waals surface area contributed by atoms with Gasteiger partial charge in [-0.15, -0.1) is 23.5 Å². The zero-order chi connectivity index (χ0) is 19.9. The fourth-order valence-corrected chi connectivity index (χ4v) is 6.12. The van der Waals surface area contributed by atoms with E-state index in [-0.39, 0.29) is 6.03 Å². The largest absolute Gasteiger partial charge is 0.334 e. The minimum Gasteiger partial charge on any atom is -0.334 e. The van der Waals surface area contributed by atoms with Gasteiger partial charge in [-0.3, -0.25) is 4.68 Å². The SMILES string of the molecule is O=C(NCc1ccccc1Cn1cccn1)Nc1cccc(C2SCCCS2)c1. The molecule has 4 rings (SSSR count). The normalized spacial score (nSPS) is 14.5. The summed E-state index contributed by atoms with van der Waals surface area (Å²) >= 11 is 3.96. The number of amides is 2. The lowest BCUT2D eigenvalue weighted by atomic mass is 10.1. The van der Waals surface area contributed by atoms with Gasteiger partial charge >= 0.3 is 6.03 Å². The standard InChI is InChI=1S/C22H24N4OS2/c27-22(25-20-9-3-8-17(14-20)21-28-12-5-13-29-21)23-15-18-6-1-2-7-19(18)16-26-11-4-10-24-26/h1-4,6-11,14,21H,5,12-13,15-16H2,(H2,23,25,27). The van der Waals surface area contributed by atoms with E-state index in [0.717, 1.165) is 16.8 Å². The van der Waals surface area contributed by atoms with E-state index in [2.05, 4.69) is 33.9 Å². The van der Waals surface area contributed by atoms with Crippen molar-refractivity contribution >= 4 is 35.2 Å². The molecule has 1 aliphatic heterocycles. The van der Waals surface area contributed by atoms with Crippen LogP contribution in [0.15, 0.2) is 67.0 Å². The maximum Gasteiger partial charge on any atom is 0.319 e. The summed E-state index contributed by atoms with van der Waals surface area (Å²) in [6, 6.07) is 18.0. The molecular weight excluding hydrogens is 400 g/mol. The molecule has 150 valence electrons. The topological polar surface area (TPSA) is 59.0 Å². The lowest BCUT2D eigenvalue weighted by Crippen LogP contribution is -2.28. The van der Waals surface area contributed by atoms with Crippen molar-refractivity contribution in [2.45, 2.75) is 24.1 Å². The molecule has 2 amide bonds. The average Bonchev–Trinajstić information content (AvgIpc) is 3.27. The monoisotopic (exact) mass is 424 g/mol. The number of rotatable bonds is 6. The van der Waals surface area contributed by atoms with Crippen LogP contribution < -0.4 is 10.6 Å². The summed E-state index contributed by atoms with van der Waals surface area (Å²) in [6.45, 7) is 1.16. The molecule has 0 bridgehead atoms. The second kappa shape index (κ2) is 9.89. The van der Waals surface area contributed by atoms with Crippen LogP contribution in [0, 0.1) is 0 Å². The van der Waals surface area contributed by atoms with Gasteiger partial charge in [0.15, 0.2) is 0 Å². The number of hydrogen-bond donors (Lipinski definition) is 2. The molecule has 2 N–H and O–H groups in total. The van der Waals surface area contributed by atoms with Gasteiger partial charge < -0.3 is 10.6 Å². The number of carbonyl (C=O) groups is 1. The Kier molecular flexibility index (Phi) is 6.79. The second-order valence-corrected chi connectivity index (χ2v) is 9.56. The van der Waals surface area contributed by atoms with E-state index in [0.29, 0.717) is 17.7 Å². The van der Waals surface area contributed by atoms with Crippen molar-refractivity contribution in [1.29, 1.82) is 0 Å². The highest BCUT2D eigenvalue weighted by molar-refractivity contribution is 8.16. The smallest absolute Gasteiger partial charge is 0.319 e. The maximum atomic E-state index is 12.5. The van der Waals surface area contributed by atoms with E-state index >= 15 is 0 Å². The van der Waals surface area contributed by atoms with Crippen LogP contribution in [0.5, 0.6) is 0 Å². The highest BCUT2D eigenvalue weighted by Gasteiger charge is 2.17. The van der Waals surface area contributed by atoms with Crippen LogP contribution in [0.25, 0.3) is 0 Å². The van der Waals surface area contributed by atoms with Gasteiger partial charge in [0.05, 0.1) is 11.1 Å². The molecular formula is C22H24N4OS2. The predicted octanol–water partition coefficient (Wildman–Crippen LogP) is 5.12. The van der Waals surface area contributed by atoms with Gasteiger partial charge in [-0.25, -0.2) is 4.79 Å². The van der Waals surface area contributed by atoms with E-state index in [1.165, 1.54) is 23.5 Å². The van der Waals surface area contributed by atoms with Gasteiger partial charge in [0, 0.05) is 24.6 Å². The van der Waals surface area contributed by atoms with E-state index in [4.69, 9.17) is 0 Å². The predicted molar refractivity (Wildman–Crippen MR) is 122 cm³/mol. The van der Waals surface area contributed by atoms with Crippen LogP contribution >= 0.6 is 23.5 Å².